The summed E-state index contributed by atoms with van der Waals surface area (Å²) in [6.07, 6.45) is 1.56. The normalized spacial score (nSPS) is 15.6. The van der Waals surface area contributed by atoms with E-state index in [0.29, 0.717) is 5.52 Å². The van der Waals surface area contributed by atoms with Crippen molar-refractivity contribution in [3.8, 4) is 0 Å². The molecule has 2 aromatic carbocycles. The summed E-state index contributed by atoms with van der Waals surface area (Å²) < 4.78 is 40.6. The van der Waals surface area contributed by atoms with E-state index in [4.69, 9.17) is 0 Å². The number of piperazine rings is 1. The number of hydrogen-bond donors (Lipinski definition) is 1. The summed E-state index contributed by atoms with van der Waals surface area (Å²) in [4.78, 5) is 2.26. The first-order valence-corrected chi connectivity index (χ1v) is 9.58. The smallest absolute Gasteiger partial charge is 0.268 e. The van der Waals surface area contributed by atoms with Crippen LogP contribution < -0.4 is 10.2 Å². The first-order valence-electron chi connectivity index (χ1n) is 8.14. The fourth-order valence-corrected chi connectivity index (χ4v) is 4.59. The van der Waals surface area contributed by atoms with E-state index in [1.807, 2.05) is 18.2 Å². The van der Waals surface area contributed by atoms with E-state index in [2.05, 4.69) is 10.2 Å². The molecule has 0 amide bonds. The molecule has 1 aliphatic heterocycles. The molecular weight excluding hydrogens is 341 g/mol. The average molecular weight is 359 g/mol. The van der Waals surface area contributed by atoms with Gasteiger partial charge in [0.1, 0.15) is 5.82 Å². The summed E-state index contributed by atoms with van der Waals surface area (Å²) in [6.45, 7) is 3.37. The third-order valence-electron chi connectivity index (χ3n) is 4.48. The number of benzene rings is 2. The fraction of sp³-hybridized carbons (Fsp3) is 0.222. The van der Waals surface area contributed by atoms with Crippen LogP contribution >= 0.6 is 0 Å². The van der Waals surface area contributed by atoms with Crippen molar-refractivity contribution in [2.45, 2.75) is 4.90 Å². The van der Waals surface area contributed by atoms with Crippen LogP contribution in [0, 0.1) is 5.82 Å². The van der Waals surface area contributed by atoms with E-state index < -0.39 is 15.8 Å². The number of nitrogens with one attached hydrogen (secondary N) is 1. The van der Waals surface area contributed by atoms with Crippen molar-refractivity contribution in [3.63, 3.8) is 0 Å². The van der Waals surface area contributed by atoms with Gasteiger partial charge in [-0.1, -0.05) is 12.1 Å². The standard InChI is InChI=1S/C18H18FN3O2S/c19-15-4-6-16(7-5-15)25(23,24)22-11-8-14-2-1-3-17(18(14)22)21-12-9-20-10-13-21/h1-8,11,20H,9-10,12-13H2. The Hall–Kier alpha value is -2.38. The van der Waals surface area contributed by atoms with Gasteiger partial charge in [0.25, 0.3) is 10.0 Å². The molecule has 1 aliphatic rings. The molecule has 25 heavy (non-hydrogen) atoms. The number of anilines is 1. The second kappa shape index (κ2) is 6.16. The molecular formula is C18H18FN3O2S. The molecule has 0 atom stereocenters. The maximum absolute atomic E-state index is 13.2. The Morgan fingerprint density at radius 1 is 0.960 bits per heavy atom. The van der Waals surface area contributed by atoms with Crippen molar-refractivity contribution in [1.82, 2.24) is 9.29 Å². The lowest BCUT2D eigenvalue weighted by atomic mass is 10.2. The second-order valence-corrected chi connectivity index (χ2v) is 7.84. The Balaban J connectivity index is 1.89. The number of fused-ring (bicyclic) bond motifs is 1. The van der Waals surface area contributed by atoms with Gasteiger partial charge in [-0.15, -0.1) is 0 Å². The third-order valence-corrected chi connectivity index (χ3v) is 6.17. The molecule has 0 spiro atoms. The van der Waals surface area contributed by atoms with Gasteiger partial charge in [-0.2, -0.15) is 0 Å². The van der Waals surface area contributed by atoms with Crippen LogP contribution in [0.25, 0.3) is 10.9 Å². The summed E-state index contributed by atoms with van der Waals surface area (Å²) in [6, 6.07) is 12.5. The minimum Gasteiger partial charge on any atom is -0.367 e. The van der Waals surface area contributed by atoms with Crippen LogP contribution in [0.3, 0.4) is 0 Å². The van der Waals surface area contributed by atoms with E-state index in [-0.39, 0.29) is 4.90 Å². The molecule has 1 fully saturated rings. The maximum Gasteiger partial charge on any atom is 0.268 e. The number of aromatic nitrogens is 1. The van der Waals surface area contributed by atoms with Gasteiger partial charge in [-0.05, 0) is 36.4 Å². The monoisotopic (exact) mass is 359 g/mol. The molecule has 1 N–H and O–H groups in total. The second-order valence-electron chi connectivity index (χ2n) is 6.02. The molecule has 3 aromatic rings. The topological polar surface area (TPSA) is 54.3 Å². The Morgan fingerprint density at radius 3 is 2.40 bits per heavy atom. The summed E-state index contributed by atoms with van der Waals surface area (Å²) in [5.74, 6) is -0.460. The number of hydrogen-bond acceptors (Lipinski definition) is 4. The predicted molar refractivity (Wildman–Crippen MR) is 96.0 cm³/mol. The zero-order valence-electron chi connectivity index (χ0n) is 13.5. The van der Waals surface area contributed by atoms with Crippen LogP contribution in [-0.4, -0.2) is 38.6 Å². The van der Waals surface area contributed by atoms with Crippen molar-refractivity contribution < 1.29 is 12.8 Å². The number of halogens is 1. The first-order chi connectivity index (χ1) is 12.1. The van der Waals surface area contributed by atoms with Crippen molar-refractivity contribution in [3.05, 3.63) is 60.5 Å². The first kappa shape index (κ1) is 16.1. The highest BCUT2D eigenvalue weighted by molar-refractivity contribution is 7.90. The molecule has 0 radical (unpaired) electrons. The van der Waals surface area contributed by atoms with Gasteiger partial charge in [-0.3, -0.25) is 0 Å². The quantitative estimate of drug-likeness (QED) is 0.780. The van der Waals surface area contributed by atoms with Gasteiger partial charge in [0.2, 0.25) is 0 Å². The molecule has 0 unspecified atom stereocenters. The van der Waals surface area contributed by atoms with Gasteiger partial charge < -0.3 is 10.2 Å². The molecule has 5 nitrogen and oxygen atoms in total. The highest BCUT2D eigenvalue weighted by Gasteiger charge is 2.23. The Kier molecular flexibility index (Phi) is 3.97. The summed E-state index contributed by atoms with van der Waals surface area (Å²) in [7, 11) is -3.79. The van der Waals surface area contributed by atoms with Crippen LogP contribution in [0.5, 0.6) is 0 Å². The summed E-state index contributed by atoms with van der Waals surface area (Å²) in [5, 5.41) is 4.16. The SMILES string of the molecule is O=S(=O)(c1ccc(F)cc1)n1ccc2cccc(N3CCNCC3)c21. The molecule has 1 aromatic heterocycles. The van der Waals surface area contributed by atoms with Crippen LogP contribution in [0.4, 0.5) is 10.1 Å². The molecule has 7 heteroatoms. The maximum atomic E-state index is 13.2. The molecule has 1 saturated heterocycles. The van der Waals surface area contributed by atoms with Crippen LogP contribution in [0.2, 0.25) is 0 Å². The van der Waals surface area contributed by atoms with Crippen LogP contribution in [0.1, 0.15) is 0 Å². The van der Waals surface area contributed by atoms with Crippen molar-refractivity contribution in [1.29, 1.82) is 0 Å². The zero-order chi connectivity index (χ0) is 17.4. The zero-order valence-corrected chi connectivity index (χ0v) is 14.3. The van der Waals surface area contributed by atoms with Gasteiger partial charge in [0.05, 0.1) is 16.1 Å². The van der Waals surface area contributed by atoms with Crippen molar-refractivity contribution >= 4 is 26.6 Å². The minimum atomic E-state index is -3.79. The van der Waals surface area contributed by atoms with Gasteiger partial charge in [0.15, 0.2) is 0 Å². The van der Waals surface area contributed by atoms with E-state index in [1.54, 1.807) is 12.3 Å². The summed E-state index contributed by atoms with van der Waals surface area (Å²) >= 11 is 0. The molecule has 130 valence electrons. The minimum absolute atomic E-state index is 0.0708. The van der Waals surface area contributed by atoms with Crippen molar-refractivity contribution in [2.75, 3.05) is 31.1 Å². The lowest BCUT2D eigenvalue weighted by molar-refractivity contribution is 0.585. The molecule has 0 aliphatic carbocycles. The molecule has 0 saturated carbocycles. The summed E-state index contributed by atoms with van der Waals surface area (Å²) in [5.41, 5.74) is 1.56. The van der Waals surface area contributed by atoms with Gasteiger partial charge in [-0.25, -0.2) is 16.8 Å². The van der Waals surface area contributed by atoms with E-state index in [1.165, 1.54) is 16.1 Å². The van der Waals surface area contributed by atoms with Crippen LogP contribution in [0.15, 0.2) is 59.6 Å². The van der Waals surface area contributed by atoms with E-state index in [0.717, 1.165) is 49.4 Å². The molecule has 4 rings (SSSR count). The molecule has 2 heterocycles. The predicted octanol–water partition coefficient (Wildman–Crippen LogP) is 2.43. The lowest BCUT2D eigenvalue weighted by Crippen LogP contribution is -2.43. The fourth-order valence-electron chi connectivity index (χ4n) is 3.23. The third kappa shape index (κ3) is 2.79. The lowest BCUT2D eigenvalue weighted by Gasteiger charge is -2.30. The van der Waals surface area contributed by atoms with E-state index in [9.17, 15) is 12.8 Å². The Bertz CT molecular complexity index is 1010. The molecule has 0 bridgehead atoms. The van der Waals surface area contributed by atoms with Crippen LogP contribution in [-0.2, 0) is 10.0 Å². The average Bonchev–Trinajstić information content (AvgIpc) is 3.08. The number of nitrogens with zero attached hydrogens (tertiary/aromatic N) is 2. The van der Waals surface area contributed by atoms with E-state index >= 15 is 0 Å². The highest BCUT2D eigenvalue weighted by Crippen LogP contribution is 2.31. The van der Waals surface area contributed by atoms with Gasteiger partial charge >= 0.3 is 0 Å². The highest BCUT2D eigenvalue weighted by atomic mass is 32.2. The Labute approximate surface area is 145 Å². The van der Waals surface area contributed by atoms with Gasteiger partial charge in [0, 0.05) is 37.8 Å². The number of para-hydroxylation sites is 1. The largest absolute Gasteiger partial charge is 0.367 e. The Morgan fingerprint density at radius 2 is 1.68 bits per heavy atom. The van der Waals surface area contributed by atoms with Crippen molar-refractivity contribution in [2.24, 2.45) is 0 Å². The number of rotatable bonds is 3.